The fourth-order valence-electron chi connectivity index (χ4n) is 1.47. The van der Waals surface area contributed by atoms with Crippen LogP contribution < -0.4 is 10.2 Å². The minimum absolute atomic E-state index is 0.160. The average molecular weight is 252 g/mol. The van der Waals surface area contributed by atoms with Crippen molar-refractivity contribution in [3.8, 4) is 0 Å². The van der Waals surface area contributed by atoms with Gasteiger partial charge in [0, 0.05) is 40.6 Å². The molecule has 0 atom stereocenters. The SMILES string of the molecule is COCCC(C)(C)CNc1nccc(N(C)C)n1. The van der Waals surface area contributed by atoms with Crippen LogP contribution in [0.3, 0.4) is 0 Å². The first kappa shape index (κ1) is 14.7. The van der Waals surface area contributed by atoms with Gasteiger partial charge in [0.05, 0.1) is 0 Å². The molecule has 0 aliphatic carbocycles. The Bertz CT molecular complexity index is 366. The molecule has 0 saturated heterocycles. The molecule has 0 spiro atoms. The van der Waals surface area contributed by atoms with Crippen molar-refractivity contribution in [1.82, 2.24) is 9.97 Å². The molecule has 5 nitrogen and oxygen atoms in total. The van der Waals surface area contributed by atoms with Crippen molar-refractivity contribution in [2.75, 3.05) is 44.6 Å². The second kappa shape index (κ2) is 6.54. The van der Waals surface area contributed by atoms with Crippen LogP contribution in [-0.4, -0.2) is 44.3 Å². The number of hydrogen-bond donors (Lipinski definition) is 1. The van der Waals surface area contributed by atoms with Gasteiger partial charge >= 0.3 is 0 Å². The monoisotopic (exact) mass is 252 g/mol. The van der Waals surface area contributed by atoms with Crippen LogP contribution in [0.2, 0.25) is 0 Å². The second-order valence-corrected chi connectivity index (χ2v) is 5.39. The van der Waals surface area contributed by atoms with E-state index in [2.05, 4.69) is 29.1 Å². The molecule has 1 rings (SSSR count). The zero-order valence-corrected chi connectivity index (χ0v) is 12.0. The molecule has 0 aromatic carbocycles. The largest absolute Gasteiger partial charge is 0.385 e. The van der Waals surface area contributed by atoms with Gasteiger partial charge in [0.1, 0.15) is 5.82 Å². The summed E-state index contributed by atoms with van der Waals surface area (Å²) in [5.74, 6) is 1.58. The summed E-state index contributed by atoms with van der Waals surface area (Å²) < 4.78 is 5.11. The van der Waals surface area contributed by atoms with Crippen LogP contribution in [0, 0.1) is 5.41 Å². The summed E-state index contributed by atoms with van der Waals surface area (Å²) in [5, 5.41) is 3.28. The highest BCUT2D eigenvalue weighted by molar-refractivity contribution is 5.40. The Labute approximate surface area is 110 Å². The van der Waals surface area contributed by atoms with Gasteiger partial charge < -0.3 is 15.0 Å². The van der Waals surface area contributed by atoms with E-state index in [9.17, 15) is 0 Å². The first-order valence-electron chi connectivity index (χ1n) is 6.18. The Balaban J connectivity index is 2.55. The number of aromatic nitrogens is 2. The fourth-order valence-corrected chi connectivity index (χ4v) is 1.47. The lowest BCUT2D eigenvalue weighted by Crippen LogP contribution is -2.25. The highest BCUT2D eigenvalue weighted by Crippen LogP contribution is 2.20. The molecule has 0 saturated carbocycles. The van der Waals surface area contributed by atoms with Crippen molar-refractivity contribution in [3.05, 3.63) is 12.3 Å². The molecule has 0 aliphatic heterocycles. The summed E-state index contributed by atoms with van der Waals surface area (Å²) in [7, 11) is 5.66. The van der Waals surface area contributed by atoms with E-state index in [1.165, 1.54) is 0 Å². The van der Waals surface area contributed by atoms with Crippen LogP contribution in [0.4, 0.5) is 11.8 Å². The number of nitrogens with zero attached hydrogens (tertiary/aromatic N) is 3. The molecule has 5 heteroatoms. The molecular formula is C13H24N4O. The minimum atomic E-state index is 0.160. The molecular weight excluding hydrogens is 228 g/mol. The molecule has 0 aliphatic rings. The van der Waals surface area contributed by atoms with Gasteiger partial charge in [-0.25, -0.2) is 4.98 Å². The molecule has 0 unspecified atom stereocenters. The topological polar surface area (TPSA) is 50.3 Å². The molecule has 0 bridgehead atoms. The van der Waals surface area contributed by atoms with E-state index in [0.717, 1.165) is 25.4 Å². The summed E-state index contributed by atoms with van der Waals surface area (Å²) in [6.45, 7) is 6.00. The van der Waals surface area contributed by atoms with E-state index in [1.807, 2.05) is 25.1 Å². The lowest BCUT2D eigenvalue weighted by Gasteiger charge is -2.24. The lowest BCUT2D eigenvalue weighted by molar-refractivity contribution is 0.157. The molecule has 1 N–H and O–H groups in total. The van der Waals surface area contributed by atoms with Crippen LogP contribution in [-0.2, 0) is 4.74 Å². The highest BCUT2D eigenvalue weighted by Gasteiger charge is 2.17. The van der Waals surface area contributed by atoms with Gasteiger partial charge in [-0.15, -0.1) is 0 Å². The zero-order chi connectivity index (χ0) is 13.6. The minimum Gasteiger partial charge on any atom is -0.385 e. The summed E-state index contributed by atoms with van der Waals surface area (Å²) >= 11 is 0. The fraction of sp³-hybridized carbons (Fsp3) is 0.692. The molecule has 1 aromatic rings. The number of hydrogen-bond acceptors (Lipinski definition) is 5. The Morgan fingerprint density at radius 1 is 1.39 bits per heavy atom. The van der Waals surface area contributed by atoms with Crippen molar-refractivity contribution in [3.63, 3.8) is 0 Å². The van der Waals surface area contributed by atoms with Gasteiger partial charge in [-0.1, -0.05) is 13.8 Å². The third-order valence-corrected chi connectivity index (χ3v) is 2.81. The summed E-state index contributed by atoms with van der Waals surface area (Å²) in [5.41, 5.74) is 0.160. The molecule has 1 aromatic heterocycles. The standard InChI is InChI=1S/C13H24N4O/c1-13(2,7-9-18-5)10-15-12-14-8-6-11(16-12)17(3)4/h6,8H,7,9-10H2,1-5H3,(H,14,15,16). The van der Waals surface area contributed by atoms with Crippen LogP contribution in [0.5, 0.6) is 0 Å². The highest BCUT2D eigenvalue weighted by atomic mass is 16.5. The first-order valence-corrected chi connectivity index (χ1v) is 6.18. The second-order valence-electron chi connectivity index (χ2n) is 5.39. The maximum atomic E-state index is 5.11. The van der Waals surface area contributed by atoms with Gasteiger partial charge in [-0.05, 0) is 17.9 Å². The lowest BCUT2D eigenvalue weighted by atomic mass is 9.90. The smallest absolute Gasteiger partial charge is 0.224 e. The number of ether oxygens (including phenoxy) is 1. The molecule has 0 amide bonds. The Morgan fingerprint density at radius 3 is 2.72 bits per heavy atom. The van der Waals surface area contributed by atoms with E-state index in [4.69, 9.17) is 4.74 Å². The molecule has 0 radical (unpaired) electrons. The van der Waals surface area contributed by atoms with E-state index in [0.29, 0.717) is 5.95 Å². The van der Waals surface area contributed by atoms with Crippen LogP contribution >= 0.6 is 0 Å². The molecule has 1 heterocycles. The van der Waals surface area contributed by atoms with Gasteiger partial charge in [-0.3, -0.25) is 0 Å². The third kappa shape index (κ3) is 4.87. The van der Waals surface area contributed by atoms with E-state index < -0.39 is 0 Å². The quantitative estimate of drug-likeness (QED) is 0.804. The van der Waals surface area contributed by atoms with Crippen molar-refractivity contribution < 1.29 is 4.74 Å². The predicted octanol–water partition coefficient (Wildman–Crippen LogP) is 2.02. The number of nitrogens with one attached hydrogen (secondary N) is 1. The normalized spacial score (nSPS) is 11.4. The Kier molecular flexibility index (Phi) is 5.34. The molecule has 0 fully saturated rings. The summed E-state index contributed by atoms with van der Waals surface area (Å²) in [6.07, 6.45) is 2.77. The number of methoxy groups -OCH3 is 1. The van der Waals surface area contributed by atoms with Crippen molar-refractivity contribution in [2.45, 2.75) is 20.3 Å². The van der Waals surface area contributed by atoms with Crippen molar-refractivity contribution in [2.24, 2.45) is 5.41 Å². The Morgan fingerprint density at radius 2 is 2.11 bits per heavy atom. The van der Waals surface area contributed by atoms with Crippen LogP contribution in [0.15, 0.2) is 12.3 Å². The van der Waals surface area contributed by atoms with E-state index in [1.54, 1.807) is 13.3 Å². The maximum Gasteiger partial charge on any atom is 0.224 e. The summed E-state index contributed by atoms with van der Waals surface area (Å²) in [4.78, 5) is 10.6. The van der Waals surface area contributed by atoms with Gasteiger partial charge in [-0.2, -0.15) is 4.98 Å². The number of rotatable bonds is 7. The Hall–Kier alpha value is -1.36. The maximum absolute atomic E-state index is 5.11. The molecule has 102 valence electrons. The first-order chi connectivity index (χ1) is 8.44. The van der Waals surface area contributed by atoms with Crippen LogP contribution in [0.25, 0.3) is 0 Å². The van der Waals surface area contributed by atoms with E-state index in [-0.39, 0.29) is 5.41 Å². The van der Waals surface area contributed by atoms with Crippen molar-refractivity contribution >= 4 is 11.8 Å². The van der Waals surface area contributed by atoms with Gasteiger partial charge in [0.2, 0.25) is 5.95 Å². The average Bonchev–Trinajstić information content (AvgIpc) is 2.34. The molecule has 18 heavy (non-hydrogen) atoms. The summed E-state index contributed by atoms with van der Waals surface area (Å²) in [6, 6.07) is 1.89. The van der Waals surface area contributed by atoms with Crippen molar-refractivity contribution in [1.29, 1.82) is 0 Å². The van der Waals surface area contributed by atoms with E-state index >= 15 is 0 Å². The third-order valence-electron chi connectivity index (χ3n) is 2.81. The number of anilines is 2. The zero-order valence-electron chi connectivity index (χ0n) is 12.0. The van der Waals surface area contributed by atoms with Gasteiger partial charge in [0.15, 0.2) is 0 Å². The van der Waals surface area contributed by atoms with Crippen LogP contribution in [0.1, 0.15) is 20.3 Å². The predicted molar refractivity (Wildman–Crippen MR) is 75.1 cm³/mol. The van der Waals surface area contributed by atoms with Gasteiger partial charge in [0.25, 0.3) is 0 Å².